The third-order valence-corrected chi connectivity index (χ3v) is 4.44. The van der Waals surface area contributed by atoms with Crippen molar-refractivity contribution in [2.75, 3.05) is 6.54 Å². The molecule has 0 N–H and O–H groups in total. The Hall–Kier alpha value is -2.90. The molecular weight excluding hydrogens is 322 g/mol. The van der Waals surface area contributed by atoms with E-state index in [4.69, 9.17) is 8.83 Å². The second-order valence-electron chi connectivity index (χ2n) is 6.03. The maximum Gasteiger partial charge on any atom is 0.263 e. The van der Waals surface area contributed by atoms with Crippen LogP contribution in [0.4, 0.5) is 0 Å². The van der Waals surface area contributed by atoms with Crippen molar-refractivity contribution < 1.29 is 13.6 Å². The van der Waals surface area contributed by atoms with Crippen molar-refractivity contribution in [2.24, 2.45) is 0 Å². The van der Waals surface area contributed by atoms with Gasteiger partial charge in [0.05, 0.1) is 24.9 Å². The number of rotatable bonds is 4. The number of aryl methyl sites for hydroxylation is 2. The molecule has 0 atom stereocenters. The normalized spacial score (nSPS) is 13.9. The van der Waals surface area contributed by atoms with Crippen LogP contribution in [0.25, 0.3) is 11.7 Å². The van der Waals surface area contributed by atoms with Crippen LogP contribution in [0.1, 0.15) is 30.0 Å². The quantitative estimate of drug-likeness (QED) is 0.721. The van der Waals surface area contributed by atoms with E-state index in [-0.39, 0.29) is 12.3 Å². The van der Waals surface area contributed by atoms with Crippen LogP contribution in [0, 0.1) is 6.92 Å². The van der Waals surface area contributed by atoms with Gasteiger partial charge in [-0.05, 0) is 19.1 Å². The summed E-state index contributed by atoms with van der Waals surface area (Å²) in [6, 6.07) is 3.55. The Labute approximate surface area is 144 Å². The van der Waals surface area contributed by atoms with Crippen LogP contribution in [0.15, 0.2) is 27.2 Å². The molecule has 8 heteroatoms. The van der Waals surface area contributed by atoms with Gasteiger partial charge in [-0.2, -0.15) is 0 Å². The molecule has 3 aromatic rings. The van der Waals surface area contributed by atoms with Crippen molar-refractivity contribution in [3.63, 3.8) is 0 Å². The van der Waals surface area contributed by atoms with Crippen molar-refractivity contribution in [1.29, 1.82) is 0 Å². The van der Waals surface area contributed by atoms with Gasteiger partial charge in [0.2, 0.25) is 5.91 Å². The largest absolute Gasteiger partial charge is 0.459 e. The lowest BCUT2D eigenvalue weighted by molar-refractivity contribution is -0.132. The second-order valence-corrected chi connectivity index (χ2v) is 6.03. The topological polar surface area (TPSA) is 90.2 Å². The van der Waals surface area contributed by atoms with Gasteiger partial charge >= 0.3 is 0 Å². The average Bonchev–Trinajstić information content (AvgIpc) is 3.34. The van der Waals surface area contributed by atoms with Crippen LogP contribution in [0.5, 0.6) is 0 Å². The number of amides is 1. The van der Waals surface area contributed by atoms with Crippen LogP contribution in [-0.4, -0.2) is 37.1 Å². The first kappa shape index (κ1) is 15.6. The molecule has 0 unspecified atom stereocenters. The molecule has 0 spiro atoms. The van der Waals surface area contributed by atoms with E-state index >= 15 is 0 Å². The number of carbonyl (C=O) groups excluding carboxylic acids is 1. The van der Waals surface area contributed by atoms with Gasteiger partial charge in [0.1, 0.15) is 11.6 Å². The van der Waals surface area contributed by atoms with Crippen LogP contribution < -0.4 is 0 Å². The molecule has 0 fully saturated rings. The van der Waals surface area contributed by atoms with Crippen LogP contribution in [0.3, 0.4) is 0 Å². The minimum absolute atomic E-state index is 0.00898. The van der Waals surface area contributed by atoms with Gasteiger partial charge in [0, 0.05) is 19.5 Å². The standard InChI is InChI=1S/C17H19N5O3/c1-3-14-19-20-15-10-21(6-7-22(14)15)16(23)9-12-11(2)25-17(18-12)13-5-4-8-24-13/h4-5,8H,3,6-7,9-10H2,1-2H3. The first-order valence-electron chi connectivity index (χ1n) is 8.34. The zero-order valence-corrected chi connectivity index (χ0v) is 14.2. The first-order chi connectivity index (χ1) is 12.2. The molecule has 0 saturated heterocycles. The summed E-state index contributed by atoms with van der Waals surface area (Å²) in [5.74, 6) is 3.40. The number of hydrogen-bond donors (Lipinski definition) is 0. The number of nitrogens with zero attached hydrogens (tertiary/aromatic N) is 5. The SMILES string of the molecule is CCc1nnc2n1CCN(C(=O)Cc1nc(-c3ccco3)oc1C)C2. The number of oxazole rings is 1. The van der Waals surface area contributed by atoms with Gasteiger partial charge in [0.15, 0.2) is 11.6 Å². The summed E-state index contributed by atoms with van der Waals surface area (Å²) < 4.78 is 13.0. The Bertz CT molecular complexity index is 894. The summed E-state index contributed by atoms with van der Waals surface area (Å²) in [5, 5.41) is 8.37. The molecule has 1 aliphatic heterocycles. The van der Waals surface area contributed by atoms with Gasteiger partial charge in [-0.25, -0.2) is 4.98 Å². The molecular formula is C17H19N5O3. The molecule has 4 rings (SSSR count). The van der Waals surface area contributed by atoms with Crippen LogP contribution in [-0.2, 0) is 30.7 Å². The Morgan fingerprint density at radius 3 is 2.96 bits per heavy atom. The summed E-state index contributed by atoms with van der Waals surface area (Å²) in [6.45, 7) is 5.72. The molecule has 25 heavy (non-hydrogen) atoms. The summed E-state index contributed by atoms with van der Waals surface area (Å²) >= 11 is 0. The fourth-order valence-corrected chi connectivity index (χ4v) is 3.05. The van der Waals surface area contributed by atoms with E-state index in [2.05, 4.69) is 26.7 Å². The van der Waals surface area contributed by atoms with Gasteiger partial charge in [-0.15, -0.1) is 10.2 Å². The van der Waals surface area contributed by atoms with Crippen molar-refractivity contribution in [1.82, 2.24) is 24.6 Å². The molecule has 130 valence electrons. The van der Waals surface area contributed by atoms with E-state index in [1.165, 1.54) is 0 Å². The minimum atomic E-state index is 0.00898. The predicted molar refractivity (Wildman–Crippen MR) is 87.5 cm³/mol. The van der Waals surface area contributed by atoms with Crippen LogP contribution in [0.2, 0.25) is 0 Å². The molecule has 1 aliphatic rings. The lowest BCUT2D eigenvalue weighted by Crippen LogP contribution is -2.39. The summed E-state index contributed by atoms with van der Waals surface area (Å²) in [5.41, 5.74) is 0.637. The lowest BCUT2D eigenvalue weighted by atomic mass is 10.2. The van der Waals surface area contributed by atoms with E-state index in [0.29, 0.717) is 36.2 Å². The van der Waals surface area contributed by atoms with E-state index in [9.17, 15) is 4.79 Å². The molecule has 0 aliphatic carbocycles. The third kappa shape index (κ3) is 2.84. The summed E-state index contributed by atoms with van der Waals surface area (Å²) in [7, 11) is 0. The average molecular weight is 341 g/mol. The highest BCUT2D eigenvalue weighted by atomic mass is 16.4. The summed E-state index contributed by atoms with van der Waals surface area (Å²) in [6.07, 6.45) is 2.60. The molecule has 0 saturated carbocycles. The Morgan fingerprint density at radius 2 is 2.20 bits per heavy atom. The Kier molecular flexibility index (Phi) is 3.87. The fraction of sp³-hybridized carbons (Fsp3) is 0.412. The predicted octanol–water partition coefficient (Wildman–Crippen LogP) is 1.98. The zero-order valence-electron chi connectivity index (χ0n) is 14.2. The second kappa shape index (κ2) is 6.19. The molecule has 4 heterocycles. The van der Waals surface area contributed by atoms with Gasteiger partial charge in [-0.1, -0.05) is 6.92 Å². The molecule has 0 bridgehead atoms. The first-order valence-corrected chi connectivity index (χ1v) is 8.34. The number of hydrogen-bond acceptors (Lipinski definition) is 6. The van der Waals surface area contributed by atoms with Crippen molar-refractivity contribution >= 4 is 5.91 Å². The van der Waals surface area contributed by atoms with Gasteiger partial charge in [0.25, 0.3) is 5.89 Å². The monoisotopic (exact) mass is 341 g/mol. The number of carbonyl (C=O) groups is 1. The van der Waals surface area contributed by atoms with Crippen molar-refractivity contribution in [2.45, 2.75) is 39.8 Å². The molecule has 0 aromatic carbocycles. The summed E-state index contributed by atoms with van der Waals surface area (Å²) in [4.78, 5) is 18.9. The van der Waals surface area contributed by atoms with Crippen molar-refractivity contribution in [3.8, 4) is 11.7 Å². The molecule has 1 amide bonds. The van der Waals surface area contributed by atoms with Gasteiger partial charge in [-0.3, -0.25) is 4.79 Å². The van der Waals surface area contributed by atoms with Gasteiger partial charge < -0.3 is 18.3 Å². The maximum atomic E-state index is 12.7. The van der Waals surface area contributed by atoms with E-state index in [1.807, 2.05) is 6.92 Å². The third-order valence-electron chi connectivity index (χ3n) is 4.44. The van der Waals surface area contributed by atoms with Crippen molar-refractivity contribution in [3.05, 3.63) is 41.5 Å². The minimum Gasteiger partial charge on any atom is -0.459 e. The smallest absolute Gasteiger partial charge is 0.263 e. The highest BCUT2D eigenvalue weighted by Crippen LogP contribution is 2.23. The zero-order chi connectivity index (χ0) is 17.4. The molecule has 0 radical (unpaired) electrons. The van der Waals surface area contributed by atoms with E-state index < -0.39 is 0 Å². The highest BCUT2D eigenvalue weighted by molar-refractivity contribution is 5.78. The Morgan fingerprint density at radius 1 is 1.32 bits per heavy atom. The molecule has 3 aromatic heterocycles. The Balaban J connectivity index is 1.48. The number of fused-ring (bicyclic) bond motifs is 1. The molecule has 8 nitrogen and oxygen atoms in total. The number of aromatic nitrogens is 4. The highest BCUT2D eigenvalue weighted by Gasteiger charge is 2.25. The van der Waals surface area contributed by atoms with E-state index in [1.54, 1.807) is 23.3 Å². The van der Waals surface area contributed by atoms with Crippen LogP contribution >= 0.6 is 0 Å². The lowest BCUT2D eigenvalue weighted by Gasteiger charge is -2.27. The fourth-order valence-electron chi connectivity index (χ4n) is 3.05. The maximum absolute atomic E-state index is 12.7. The number of furan rings is 1. The van der Waals surface area contributed by atoms with E-state index in [0.717, 1.165) is 24.6 Å².